The molecule has 0 aliphatic rings. The molecule has 1 rings (SSSR count). The van der Waals surface area contributed by atoms with Crippen LogP contribution in [0.15, 0.2) is 11.0 Å². The predicted octanol–water partition coefficient (Wildman–Crippen LogP) is -0.445. The molecule has 5 nitrogen and oxygen atoms in total. The lowest BCUT2D eigenvalue weighted by atomic mass is 10.2. The van der Waals surface area contributed by atoms with E-state index in [1.165, 1.54) is 6.92 Å². The van der Waals surface area contributed by atoms with Crippen LogP contribution in [0.1, 0.15) is 17.3 Å². The summed E-state index contributed by atoms with van der Waals surface area (Å²) in [7, 11) is 0. The van der Waals surface area contributed by atoms with Gasteiger partial charge in [-0.2, -0.15) is 0 Å². The minimum atomic E-state index is -0.549. The third-order valence-corrected chi connectivity index (χ3v) is 1.22. The zero-order chi connectivity index (χ0) is 8.43. The van der Waals surface area contributed by atoms with Gasteiger partial charge in [0.1, 0.15) is 5.82 Å². The lowest BCUT2D eigenvalue weighted by molar-refractivity contribution is 0.101. The maximum absolute atomic E-state index is 10.7. The van der Waals surface area contributed by atoms with Crippen molar-refractivity contribution < 1.29 is 4.79 Å². The van der Waals surface area contributed by atoms with Crippen LogP contribution in [0.25, 0.3) is 0 Å². The predicted molar refractivity (Wildman–Crippen MR) is 39.3 cm³/mol. The van der Waals surface area contributed by atoms with Gasteiger partial charge in [0.05, 0.1) is 5.56 Å². The molecule has 11 heavy (non-hydrogen) atoms. The van der Waals surface area contributed by atoms with Crippen molar-refractivity contribution in [1.29, 1.82) is 0 Å². The molecule has 0 saturated heterocycles. The molecule has 0 unspecified atom stereocenters. The second-order valence-corrected chi connectivity index (χ2v) is 2.07. The van der Waals surface area contributed by atoms with Gasteiger partial charge in [-0.1, -0.05) is 0 Å². The molecule has 0 saturated carbocycles. The molecule has 0 amide bonds. The van der Waals surface area contributed by atoms with E-state index in [2.05, 4.69) is 9.97 Å². The van der Waals surface area contributed by atoms with Crippen LogP contribution in [0, 0.1) is 0 Å². The number of nitrogens with two attached hydrogens (primary N) is 1. The van der Waals surface area contributed by atoms with Crippen molar-refractivity contribution >= 4 is 11.6 Å². The molecular weight excluding hydrogens is 146 g/mol. The number of ketones is 1. The molecule has 0 atom stereocenters. The van der Waals surface area contributed by atoms with E-state index in [0.717, 1.165) is 6.20 Å². The quantitative estimate of drug-likeness (QED) is 0.535. The van der Waals surface area contributed by atoms with Crippen LogP contribution in [0.4, 0.5) is 5.82 Å². The molecule has 3 N–H and O–H groups in total. The smallest absolute Gasteiger partial charge is 0.346 e. The van der Waals surface area contributed by atoms with E-state index in [0.29, 0.717) is 0 Å². The highest BCUT2D eigenvalue weighted by Crippen LogP contribution is 2.02. The summed E-state index contributed by atoms with van der Waals surface area (Å²) in [5.74, 6) is -0.149. The summed E-state index contributed by atoms with van der Waals surface area (Å²) in [6.45, 7) is 1.35. The fourth-order valence-electron chi connectivity index (χ4n) is 0.688. The van der Waals surface area contributed by atoms with Crippen molar-refractivity contribution in [1.82, 2.24) is 9.97 Å². The van der Waals surface area contributed by atoms with Crippen molar-refractivity contribution in [3.05, 3.63) is 22.2 Å². The molecule has 0 aromatic carbocycles. The molecule has 1 aromatic rings. The Labute approximate surface area is 62.3 Å². The summed E-state index contributed by atoms with van der Waals surface area (Å²) in [5, 5.41) is 0. The number of hydrogen-bond donors (Lipinski definition) is 2. The number of Topliss-reactive ketones (excluding diaryl/α,β-unsaturated/α-hetero) is 1. The molecule has 0 fully saturated rings. The number of nitrogens with one attached hydrogen (secondary N) is 1. The van der Waals surface area contributed by atoms with E-state index in [-0.39, 0.29) is 17.2 Å². The number of nitrogen functional groups attached to an aromatic ring is 1. The van der Waals surface area contributed by atoms with Crippen LogP contribution in [-0.2, 0) is 0 Å². The zero-order valence-electron chi connectivity index (χ0n) is 5.92. The number of aromatic amines is 1. The van der Waals surface area contributed by atoms with Gasteiger partial charge in [-0.25, -0.2) is 9.78 Å². The Hall–Kier alpha value is -1.65. The first-order valence-electron chi connectivity index (χ1n) is 2.97. The molecule has 58 valence electrons. The SMILES string of the molecule is CC(=O)c1cnc(=O)[nH]c1N. The Bertz CT molecular complexity index is 342. The number of anilines is 1. The number of hydrogen-bond acceptors (Lipinski definition) is 4. The maximum Gasteiger partial charge on any atom is 0.346 e. The van der Waals surface area contributed by atoms with Gasteiger partial charge in [-0.15, -0.1) is 0 Å². The van der Waals surface area contributed by atoms with Gasteiger partial charge in [-0.05, 0) is 6.92 Å². The zero-order valence-corrected chi connectivity index (χ0v) is 5.92. The minimum Gasteiger partial charge on any atom is -0.384 e. The molecule has 0 aliphatic carbocycles. The standard InChI is InChI=1S/C6H7N3O2/c1-3(10)4-2-8-6(11)9-5(4)7/h2H,1H3,(H3,7,8,9,11). The molecule has 0 bridgehead atoms. The normalized spacial score (nSPS) is 9.55. The first kappa shape index (κ1) is 7.46. The largest absolute Gasteiger partial charge is 0.384 e. The lowest BCUT2D eigenvalue weighted by Gasteiger charge is -1.96. The molecule has 0 radical (unpaired) electrons. The van der Waals surface area contributed by atoms with Crippen LogP contribution in [0.2, 0.25) is 0 Å². The van der Waals surface area contributed by atoms with E-state index in [1.807, 2.05) is 0 Å². The highest BCUT2D eigenvalue weighted by Gasteiger charge is 2.04. The molecule has 0 spiro atoms. The van der Waals surface area contributed by atoms with Crippen LogP contribution in [0.3, 0.4) is 0 Å². The molecule has 1 aromatic heterocycles. The lowest BCUT2D eigenvalue weighted by Crippen LogP contribution is -2.15. The van der Waals surface area contributed by atoms with Crippen molar-refractivity contribution in [3.63, 3.8) is 0 Å². The molecule has 5 heteroatoms. The minimum absolute atomic E-state index is 0.0671. The van der Waals surface area contributed by atoms with E-state index in [4.69, 9.17) is 5.73 Å². The van der Waals surface area contributed by atoms with Gasteiger partial charge in [0.2, 0.25) is 0 Å². The Morgan fingerprint density at radius 1 is 1.73 bits per heavy atom. The van der Waals surface area contributed by atoms with Crippen LogP contribution >= 0.6 is 0 Å². The second kappa shape index (κ2) is 2.53. The highest BCUT2D eigenvalue weighted by atomic mass is 16.1. The van der Waals surface area contributed by atoms with Crippen molar-refractivity contribution in [3.8, 4) is 0 Å². The third-order valence-electron chi connectivity index (χ3n) is 1.22. The van der Waals surface area contributed by atoms with Crippen molar-refractivity contribution in [2.24, 2.45) is 0 Å². The molecule has 0 aliphatic heterocycles. The summed E-state index contributed by atoms with van der Waals surface area (Å²) < 4.78 is 0. The first-order valence-corrected chi connectivity index (χ1v) is 2.97. The van der Waals surface area contributed by atoms with Crippen LogP contribution in [0.5, 0.6) is 0 Å². The summed E-state index contributed by atoms with van der Waals surface area (Å²) >= 11 is 0. The van der Waals surface area contributed by atoms with Gasteiger partial charge in [-0.3, -0.25) is 9.78 Å². The third kappa shape index (κ3) is 1.43. The number of carbonyl (C=O) groups excluding carboxylic acids is 1. The average Bonchev–Trinajstić information content (AvgIpc) is 1.85. The van der Waals surface area contributed by atoms with E-state index in [9.17, 15) is 9.59 Å². The van der Waals surface area contributed by atoms with Gasteiger partial charge >= 0.3 is 5.69 Å². The number of rotatable bonds is 1. The number of H-pyrrole nitrogens is 1. The second-order valence-electron chi connectivity index (χ2n) is 2.07. The van der Waals surface area contributed by atoms with Gasteiger partial charge in [0, 0.05) is 6.20 Å². The summed E-state index contributed by atoms with van der Waals surface area (Å²) in [4.78, 5) is 26.8. The fourth-order valence-corrected chi connectivity index (χ4v) is 0.688. The average molecular weight is 153 g/mol. The number of nitrogens with zero attached hydrogens (tertiary/aromatic N) is 1. The van der Waals surface area contributed by atoms with Crippen molar-refractivity contribution in [2.75, 3.05) is 5.73 Å². The summed E-state index contributed by atoms with van der Waals surface area (Å²) in [5.41, 5.74) is 5.00. The Kier molecular flexibility index (Phi) is 1.72. The first-order chi connectivity index (χ1) is 5.11. The van der Waals surface area contributed by atoms with E-state index in [1.54, 1.807) is 0 Å². The Morgan fingerprint density at radius 3 is 2.82 bits per heavy atom. The molecular formula is C6H7N3O2. The van der Waals surface area contributed by atoms with Crippen LogP contribution < -0.4 is 11.4 Å². The highest BCUT2D eigenvalue weighted by molar-refractivity contribution is 5.97. The molecule has 1 heterocycles. The number of aromatic nitrogens is 2. The van der Waals surface area contributed by atoms with E-state index >= 15 is 0 Å². The van der Waals surface area contributed by atoms with E-state index < -0.39 is 5.69 Å². The maximum atomic E-state index is 10.7. The Balaban J connectivity index is 3.31. The van der Waals surface area contributed by atoms with Crippen LogP contribution in [-0.4, -0.2) is 15.8 Å². The van der Waals surface area contributed by atoms with Gasteiger partial charge < -0.3 is 5.73 Å². The fraction of sp³-hybridized carbons (Fsp3) is 0.167. The topological polar surface area (TPSA) is 88.8 Å². The monoisotopic (exact) mass is 153 g/mol. The summed E-state index contributed by atoms with van der Waals surface area (Å²) in [6, 6.07) is 0. The van der Waals surface area contributed by atoms with Crippen molar-refractivity contribution in [2.45, 2.75) is 6.92 Å². The van der Waals surface area contributed by atoms with Gasteiger partial charge in [0.15, 0.2) is 5.78 Å². The van der Waals surface area contributed by atoms with Gasteiger partial charge in [0.25, 0.3) is 0 Å². The Morgan fingerprint density at radius 2 is 2.36 bits per heavy atom. The summed E-state index contributed by atoms with van der Waals surface area (Å²) in [6.07, 6.45) is 1.16. The number of carbonyl (C=O) groups is 1.